The molecule has 0 saturated heterocycles. The average Bonchev–Trinajstić information content (AvgIpc) is 3.36. The monoisotopic (exact) mass is 417 g/mol. The van der Waals surface area contributed by atoms with E-state index in [9.17, 15) is 14.9 Å². The summed E-state index contributed by atoms with van der Waals surface area (Å²) in [5.74, 6) is 0.0784. The van der Waals surface area contributed by atoms with E-state index in [1.807, 2.05) is 31.2 Å². The number of nitro benzene ring substituents is 1. The molecule has 2 aromatic heterocycles. The Hall–Kier alpha value is -4.34. The van der Waals surface area contributed by atoms with Crippen LogP contribution in [0.15, 0.2) is 60.8 Å². The molecule has 10 nitrogen and oxygen atoms in total. The van der Waals surface area contributed by atoms with Gasteiger partial charge in [0, 0.05) is 18.2 Å². The lowest BCUT2D eigenvalue weighted by Gasteiger charge is -2.09. The summed E-state index contributed by atoms with van der Waals surface area (Å²) in [5, 5.41) is 26.1. The summed E-state index contributed by atoms with van der Waals surface area (Å²) in [5.41, 5.74) is 3.18. The highest BCUT2D eigenvalue weighted by molar-refractivity contribution is 6.03. The Morgan fingerprint density at radius 1 is 1.13 bits per heavy atom. The van der Waals surface area contributed by atoms with Crippen LogP contribution in [0.4, 0.5) is 11.5 Å². The molecule has 0 bridgehead atoms. The Kier molecular flexibility index (Phi) is 5.27. The number of benzene rings is 2. The van der Waals surface area contributed by atoms with E-state index < -0.39 is 10.8 Å². The van der Waals surface area contributed by atoms with Gasteiger partial charge in [0.25, 0.3) is 11.6 Å². The molecule has 2 aromatic carbocycles. The minimum absolute atomic E-state index is 0.0709. The van der Waals surface area contributed by atoms with E-state index in [1.54, 1.807) is 36.0 Å². The van der Waals surface area contributed by atoms with Crippen LogP contribution in [0.3, 0.4) is 0 Å². The number of aryl methyl sites for hydroxylation is 1. The van der Waals surface area contributed by atoms with E-state index in [2.05, 4.69) is 20.7 Å². The van der Waals surface area contributed by atoms with Crippen molar-refractivity contribution in [1.29, 1.82) is 0 Å². The van der Waals surface area contributed by atoms with Gasteiger partial charge in [0.2, 0.25) is 0 Å². The molecule has 0 aliphatic carbocycles. The molecule has 0 atom stereocenters. The number of anilines is 1. The van der Waals surface area contributed by atoms with Gasteiger partial charge in [-0.25, -0.2) is 9.36 Å². The van der Waals surface area contributed by atoms with Gasteiger partial charge in [-0.3, -0.25) is 14.9 Å². The summed E-state index contributed by atoms with van der Waals surface area (Å²) in [6.07, 6.45) is 1.61. The summed E-state index contributed by atoms with van der Waals surface area (Å²) in [6.45, 7) is 4.20. The van der Waals surface area contributed by atoms with Crippen molar-refractivity contribution >= 4 is 17.4 Å². The molecule has 156 valence electrons. The zero-order valence-corrected chi connectivity index (χ0v) is 16.9. The maximum Gasteiger partial charge on any atom is 0.279 e. The van der Waals surface area contributed by atoms with E-state index in [0.29, 0.717) is 23.7 Å². The molecule has 0 fully saturated rings. The van der Waals surface area contributed by atoms with E-state index >= 15 is 0 Å². The Bertz CT molecular complexity index is 1260. The van der Waals surface area contributed by atoms with Gasteiger partial charge >= 0.3 is 0 Å². The number of amides is 1. The third kappa shape index (κ3) is 4.17. The van der Waals surface area contributed by atoms with Crippen molar-refractivity contribution in [3.05, 3.63) is 93.4 Å². The lowest BCUT2D eigenvalue weighted by atomic mass is 10.1. The highest BCUT2D eigenvalue weighted by Crippen LogP contribution is 2.19. The van der Waals surface area contributed by atoms with Crippen LogP contribution in [0.5, 0.6) is 0 Å². The number of nitrogens with one attached hydrogen (secondary N) is 1. The van der Waals surface area contributed by atoms with Crippen LogP contribution in [0.2, 0.25) is 0 Å². The van der Waals surface area contributed by atoms with Crippen LogP contribution in [-0.4, -0.2) is 35.6 Å². The largest absolute Gasteiger partial charge is 0.305 e. The topological polar surface area (TPSA) is 121 Å². The minimum atomic E-state index is -0.488. The molecule has 4 aromatic rings. The van der Waals surface area contributed by atoms with Gasteiger partial charge in [-0.15, -0.1) is 5.10 Å². The zero-order chi connectivity index (χ0) is 22.0. The fourth-order valence-electron chi connectivity index (χ4n) is 3.13. The van der Waals surface area contributed by atoms with Crippen LogP contribution in [0, 0.1) is 24.0 Å². The third-order valence-electron chi connectivity index (χ3n) is 4.81. The molecular weight excluding hydrogens is 398 g/mol. The van der Waals surface area contributed by atoms with Crippen molar-refractivity contribution in [3.8, 4) is 5.69 Å². The first-order chi connectivity index (χ1) is 14.9. The van der Waals surface area contributed by atoms with Crippen molar-refractivity contribution < 1.29 is 9.72 Å². The number of carbonyl (C=O) groups excluding carboxylic acids is 1. The van der Waals surface area contributed by atoms with Gasteiger partial charge in [-0.2, -0.15) is 5.10 Å². The standard InChI is InChI=1S/C21H19N7O3/c1-14-6-8-16(9-7-14)13-26-19(10-11-22-26)23-21(29)20-15(2)27(25-24-20)17-4-3-5-18(12-17)28(30)31/h3-12H,13H2,1-2H3,(H,23,29). The maximum absolute atomic E-state index is 12.8. The molecule has 0 unspecified atom stereocenters. The number of non-ortho nitro benzene ring substituents is 1. The predicted octanol–water partition coefficient (Wildman–Crippen LogP) is 3.29. The van der Waals surface area contributed by atoms with Crippen LogP contribution in [0.25, 0.3) is 5.69 Å². The molecule has 1 N–H and O–H groups in total. The van der Waals surface area contributed by atoms with Gasteiger partial charge < -0.3 is 5.32 Å². The number of hydrogen-bond donors (Lipinski definition) is 1. The van der Waals surface area contributed by atoms with Gasteiger partial charge in [0.05, 0.1) is 29.0 Å². The van der Waals surface area contributed by atoms with Crippen molar-refractivity contribution in [2.45, 2.75) is 20.4 Å². The number of hydrogen-bond acceptors (Lipinski definition) is 6. The Morgan fingerprint density at radius 3 is 2.65 bits per heavy atom. The highest BCUT2D eigenvalue weighted by Gasteiger charge is 2.20. The third-order valence-corrected chi connectivity index (χ3v) is 4.81. The SMILES string of the molecule is Cc1ccc(Cn2nccc2NC(=O)c2nnn(-c3cccc([N+](=O)[O-])c3)c2C)cc1. The summed E-state index contributed by atoms with van der Waals surface area (Å²) in [6, 6.07) is 15.7. The van der Waals surface area contributed by atoms with Crippen LogP contribution in [-0.2, 0) is 6.54 Å². The second kappa shape index (κ2) is 8.19. The lowest BCUT2D eigenvalue weighted by Crippen LogP contribution is -2.17. The Balaban J connectivity index is 1.54. The van der Waals surface area contributed by atoms with E-state index in [1.165, 1.54) is 22.4 Å². The normalized spacial score (nSPS) is 10.8. The number of nitrogens with zero attached hydrogens (tertiary/aromatic N) is 6. The average molecular weight is 417 g/mol. The minimum Gasteiger partial charge on any atom is -0.305 e. The van der Waals surface area contributed by atoms with E-state index in [0.717, 1.165) is 5.56 Å². The Labute approximate surface area is 177 Å². The molecule has 1 amide bonds. The first kappa shape index (κ1) is 20.0. The van der Waals surface area contributed by atoms with Crippen LogP contribution >= 0.6 is 0 Å². The molecule has 4 rings (SSSR count). The predicted molar refractivity (Wildman–Crippen MR) is 113 cm³/mol. The quantitative estimate of drug-likeness (QED) is 0.380. The molecule has 2 heterocycles. The van der Waals surface area contributed by atoms with Crippen LogP contribution < -0.4 is 5.32 Å². The van der Waals surface area contributed by atoms with Crippen molar-refractivity contribution in [2.75, 3.05) is 5.32 Å². The first-order valence-electron chi connectivity index (χ1n) is 9.48. The summed E-state index contributed by atoms with van der Waals surface area (Å²) >= 11 is 0. The summed E-state index contributed by atoms with van der Waals surface area (Å²) < 4.78 is 3.08. The van der Waals surface area contributed by atoms with Crippen molar-refractivity contribution in [3.63, 3.8) is 0 Å². The van der Waals surface area contributed by atoms with Gasteiger partial charge in [0.15, 0.2) is 5.69 Å². The molecular formula is C21H19N7O3. The fraction of sp³-hybridized carbons (Fsp3) is 0.143. The molecule has 31 heavy (non-hydrogen) atoms. The second-order valence-electron chi connectivity index (χ2n) is 7.03. The molecule has 0 spiro atoms. The first-order valence-corrected chi connectivity index (χ1v) is 9.48. The van der Waals surface area contributed by atoms with E-state index in [-0.39, 0.29) is 11.4 Å². The molecule has 0 saturated carbocycles. The molecule has 0 radical (unpaired) electrons. The van der Waals surface area contributed by atoms with Crippen molar-refractivity contribution in [2.24, 2.45) is 0 Å². The van der Waals surface area contributed by atoms with Crippen LogP contribution in [0.1, 0.15) is 27.3 Å². The van der Waals surface area contributed by atoms with Gasteiger partial charge in [-0.05, 0) is 25.5 Å². The molecule has 0 aliphatic rings. The zero-order valence-electron chi connectivity index (χ0n) is 16.9. The fourth-order valence-corrected chi connectivity index (χ4v) is 3.13. The maximum atomic E-state index is 12.8. The van der Waals surface area contributed by atoms with E-state index in [4.69, 9.17) is 0 Å². The number of carbonyl (C=O) groups is 1. The number of rotatable bonds is 6. The summed E-state index contributed by atoms with van der Waals surface area (Å²) in [4.78, 5) is 23.4. The van der Waals surface area contributed by atoms with Crippen molar-refractivity contribution in [1.82, 2.24) is 24.8 Å². The van der Waals surface area contributed by atoms with Gasteiger partial charge in [0.1, 0.15) is 5.82 Å². The molecule has 10 heteroatoms. The lowest BCUT2D eigenvalue weighted by molar-refractivity contribution is -0.384. The summed E-state index contributed by atoms with van der Waals surface area (Å²) in [7, 11) is 0. The smallest absolute Gasteiger partial charge is 0.279 e. The molecule has 0 aliphatic heterocycles. The number of nitro groups is 1. The number of aromatic nitrogens is 5. The highest BCUT2D eigenvalue weighted by atomic mass is 16.6. The van der Waals surface area contributed by atoms with Gasteiger partial charge in [-0.1, -0.05) is 41.1 Å². The second-order valence-corrected chi connectivity index (χ2v) is 7.03. The Morgan fingerprint density at radius 2 is 1.90 bits per heavy atom.